The molecular weight excluding hydrogens is 253 g/mol. The van der Waals surface area contributed by atoms with Crippen LogP contribution >= 0.6 is 0 Å². The van der Waals surface area contributed by atoms with Crippen molar-refractivity contribution in [2.75, 3.05) is 6.54 Å². The Morgan fingerprint density at radius 2 is 2.10 bits per heavy atom. The summed E-state index contributed by atoms with van der Waals surface area (Å²) in [5.41, 5.74) is 4.15. The highest BCUT2D eigenvalue weighted by Gasteiger charge is 2.18. The monoisotopic (exact) mass is 269 g/mol. The summed E-state index contributed by atoms with van der Waals surface area (Å²) in [4.78, 5) is 12.6. The van der Waals surface area contributed by atoms with Gasteiger partial charge in [-0.15, -0.1) is 0 Å². The van der Waals surface area contributed by atoms with Crippen LogP contribution < -0.4 is 5.32 Å². The molecule has 20 heavy (non-hydrogen) atoms. The van der Waals surface area contributed by atoms with E-state index in [2.05, 4.69) is 5.32 Å². The second-order valence-electron chi connectivity index (χ2n) is 5.22. The molecule has 0 amide bonds. The molecule has 1 heterocycles. The molecule has 0 saturated carbocycles. The van der Waals surface area contributed by atoms with Crippen molar-refractivity contribution in [3.05, 3.63) is 70.0 Å². The van der Waals surface area contributed by atoms with E-state index in [1.807, 2.05) is 18.2 Å². The number of ketones is 1. The van der Waals surface area contributed by atoms with Gasteiger partial charge in [0, 0.05) is 17.7 Å². The minimum Gasteiger partial charge on any atom is -0.312 e. The van der Waals surface area contributed by atoms with Crippen molar-refractivity contribution in [1.29, 1.82) is 0 Å². The second-order valence-corrected chi connectivity index (χ2v) is 5.22. The van der Waals surface area contributed by atoms with Crippen molar-refractivity contribution in [1.82, 2.24) is 5.32 Å². The van der Waals surface area contributed by atoms with E-state index in [1.165, 1.54) is 12.1 Å². The number of nitrogens with one attached hydrogen (secondary N) is 1. The lowest BCUT2D eigenvalue weighted by Crippen LogP contribution is -2.25. The zero-order chi connectivity index (χ0) is 14.1. The summed E-state index contributed by atoms with van der Waals surface area (Å²) in [5, 5.41) is 3.29. The summed E-state index contributed by atoms with van der Waals surface area (Å²) in [7, 11) is 0. The van der Waals surface area contributed by atoms with Crippen molar-refractivity contribution >= 4 is 5.78 Å². The molecular formula is C17H16FNO. The Hall–Kier alpha value is -2.00. The SMILES string of the molecule is Cc1cc(F)cc(C(=O)c2cccc3c2CCNC3)c1. The first kappa shape index (κ1) is 13.0. The molecule has 2 aromatic carbocycles. The molecule has 0 aliphatic carbocycles. The largest absolute Gasteiger partial charge is 0.312 e. The van der Waals surface area contributed by atoms with Crippen molar-refractivity contribution in [2.24, 2.45) is 0 Å². The van der Waals surface area contributed by atoms with Crippen LogP contribution in [0.4, 0.5) is 4.39 Å². The number of hydrogen-bond acceptors (Lipinski definition) is 2. The van der Waals surface area contributed by atoms with E-state index < -0.39 is 0 Å². The summed E-state index contributed by atoms with van der Waals surface area (Å²) in [5.74, 6) is -0.453. The molecule has 1 aliphatic rings. The van der Waals surface area contributed by atoms with Crippen LogP contribution in [0.5, 0.6) is 0 Å². The molecule has 2 aromatic rings. The second kappa shape index (κ2) is 5.17. The van der Waals surface area contributed by atoms with E-state index in [1.54, 1.807) is 13.0 Å². The molecule has 0 radical (unpaired) electrons. The average Bonchev–Trinajstić information content (AvgIpc) is 2.45. The fourth-order valence-electron chi connectivity index (χ4n) is 2.77. The molecule has 0 fully saturated rings. The zero-order valence-corrected chi connectivity index (χ0v) is 11.4. The smallest absolute Gasteiger partial charge is 0.193 e. The molecule has 0 unspecified atom stereocenters. The number of hydrogen-bond donors (Lipinski definition) is 1. The highest BCUT2D eigenvalue weighted by molar-refractivity contribution is 6.10. The van der Waals surface area contributed by atoms with Crippen molar-refractivity contribution in [2.45, 2.75) is 19.9 Å². The molecule has 1 aliphatic heterocycles. The van der Waals surface area contributed by atoms with Crippen LogP contribution in [0.25, 0.3) is 0 Å². The molecule has 102 valence electrons. The maximum atomic E-state index is 13.5. The lowest BCUT2D eigenvalue weighted by atomic mass is 9.90. The van der Waals surface area contributed by atoms with Gasteiger partial charge in [-0.3, -0.25) is 4.79 Å². The number of rotatable bonds is 2. The Labute approximate surface area is 117 Å². The van der Waals surface area contributed by atoms with Crippen molar-refractivity contribution < 1.29 is 9.18 Å². The van der Waals surface area contributed by atoms with Crippen LogP contribution in [0.15, 0.2) is 36.4 Å². The summed E-state index contributed by atoms with van der Waals surface area (Å²) in [6, 6.07) is 10.3. The quantitative estimate of drug-likeness (QED) is 0.849. The molecule has 0 saturated heterocycles. The fraction of sp³-hybridized carbons (Fsp3) is 0.235. The Bertz CT molecular complexity index is 658. The molecule has 3 heteroatoms. The number of benzene rings is 2. The van der Waals surface area contributed by atoms with Crippen LogP contribution in [0.1, 0.15) is 32.6 Å². The maximum absolute atomic E-state index is 13.5. The van der Waals surface area contributed by atoms with Gasteiger partial charge in [-0.05, 0) is 54.8 Å². The molecule has 0 atom stereocenters. The van der Waals surface area contributed by atoms with Gasteiger partial charge in [0.25, 0.3) is 0 Å². The molecule has 0 aromatic heterocycles. The van der Waals surface area contributed by atoms with Crippen molar-refractivity contribution in [3.8, 4) is 0 Å². The van der Waals surface area contributed by atoms with Crippen LogP contribution in [-0.2, 0) is 13.0 Å². The predicted molar refractivity (Wildman–Crippen MR) is 76.4 cm³/mol. The first-order chi connectivity index (χ1) is 9.65. The molecule has 1 N–H and O–H groups in total. The average molecular weight is 269 g/mol. The highest BCUT2D eigenvalue weighted by atomic mass is 19.1. The van der Waals surface area contributed by atoms with Gasteiger partial charge in [0.15, 0.2) is 5.78 Å². The number of aryl methyl sites for hydroxylation is 1. The first-order valence-electron chi connectivity index (χ1n) is 6.78. The van der Waals surface area contributed by atoms with Crippen molar-refractivity contribution in [3.63, 3.8) is 0 Å². The minimum atomic E-state index is -0.361. The number of halogens is 1. The number of fused-ring (bicyclic) bond motifs is 1. The normalized spacial score (nSPS) is 13.9. The zero-order valence-electron chi connectivity index (χ0n) is 11.4. The molecule has 0 bridgehead atoms. The lowest BCUT2D eigenvalue weighted by Gasteiger charge is -2.19. The number of carbonyl (C=O) groups excluding carboxylic acids is 1. The van der Waals surface area contributed by atoms with E-state index in [-0.39, 0.29) is 11.6 Å². The Kier molecular flexibility index (Phi) is 3.36. The van der Waals surface area contributed by atoms with Gasteiger partial charge in [0.1, 0.15) is 5.82 Å². The topological polar surface area (TPSA) is 29.1 Å². The third-order valence-corrected chi connectivity index (χ3v) is 3.69. The third kappa shape index (κ3) is 2.37. The van der Waals surface area contributed by atoms with E-state index in [0.29, 0.717) is 11.1 Å². The Morgan fingerprint density at radius 1 is 1.25 bits per heavy atom. The van der Waals surface area contributed by atoms with E-state index in [4.69, 9.17) is 0 Å². The van der Waals surface area contributed by atoms with E-state index in [9.17, 15) is 9.18 Å². The summed E-state index contributed by atoms with van der Waals surface area (Å²) < 4.78 is 13.5. The maximum Gasteiger partial charge on any atom is 0.193 e. The van der Waals surface area contributed by atoms with Gasteiger partial charge in [-0.25, -0.2) is 4.39 Å². The van der Waals surface area contributed by atoms with Gasteiger partial charge < -0.3 is 5.32 Å². The fourth-order valence-corrected chi connectivity index (χ4v) is 2.77. The van der Waals surface area contributed by atoms with E-state index >= 15 is 0 Å². The van der Waals surface area contributed by atoms with Crippen LogP contribution in [0.2, 0.25) is 0 Å². The van der Waals surface area contributed by atoms with Gasteiger partial charge >= 0.3 is 0 Å². The standard InChI is InChI=1S/C17H16FNO/c1-11-7-13(9-14(18)8-11)17(20)16-4-2-3-12-10-19-6-5-15(12)16/h2-4,7-9,19H,5-6,10H2,1H3. The molecule has 2 nitrogen and oxygen atoms in total. The minimum absolute atomic E-state index is 0.0913. The molecule has 3 rings (SSSR count). The lowest BCUT2D eigenvalue weighted by molar-refractivity contribution is 0.103. The predicted octanol–water partition coefficient (Wildman–Crippen LogP) is 3.01. The Morgan fingerprint density at radius 3 is 2.90 bits per heavy atom. The van der Waals surface area contributed by atoms with Gasteiger partial charge in [-0.2, -0.15) is 0 Å². The first-order valence-corrected chi connectivity index (χ1v) is 6.78. The summed E-state index contributed by atoms with van der Waals surface area (Å²) in [6.07, 6.45) is 0.839. The van der Waals surface area contributed by atoms with Gasteiger partial charge in [0.05, 0.1) is 0 Å². The molecule has 0 spiro atoms. The summed E-state index contributed by atoms with van der Waals surface area (Å²) in [6.45, 7) is 3.46. The Balaban J connectivity index is 2.06. The van der Waals surface area contributed by atoms with Crippen LogP contribution in [-0.4, -0.2) is 12.3 Å². The summed E-state index contributed by atoms with van der Waals surface area (Å²) >= 11 is 0. The van der Waals surface area contributed by atoms with Gasteiger partial charge in [-0.1, -0.05) is 18.2 Å². The van der Waals surface area contributed by atoms with Gasteiger partial charge in [0.2, 0.25) is 0 Å². The van der Waals surface area contributed by atoms with Crippen LogP contribution in [0.3, 0.4) is 0 Å². The van der Waals surface area contributed by atoms with Crippen LogP contribution in [0, 0.1) is 12.7 Å². The third-order valence-electron chi connectivity index (χ3n) is 3.69. The number of carbonyl (C=O) groups is 1. The van der Waals surface area contributed by atoms with E-state index in [0.717, 1.165) is 36.2 Å². The highest BCUT2D eigenvalue weighted by Crippen LogP contribution is 2.22.